The topological polar surface area (TPSA) is 17.8 Å². The number of benzene rings is 1. The van der Waals surface area contributed by atoms with Crippen LogP contribution in [-0.4, -0.2) is 9.55 Å². The van der Waals surface area contributed by atoms with Gasteiger partial charge in [-0.3, -0.25) is 0 Å². The zero-order chi connectivity index (χ0) is 13.6. The standard InChI is InChI=1S/C14H15BrClFN2/c1-2-14(4-3-5-14)19-12-7-10(17)9(15)6-11(12)18-13(19)8-16/h6-7H,2-5,8H2,1H3. The number of rotatable bonds is 3. The molecule has 0 aliphatic heterocycles. The molecule has 0 atom stereocenters. The molecule has 0 unspecified atom stereocenters. The number of hydrogen-bond donors (Lipinski definition) is 0. The van der Waals surface area contributed by atoms with Crippen LogP contribution in [0, 0.1) is 5.82 Å². The zero-order valence-electron chi connectivity index (χ0n) is 10.7. The van der Waals surface area contributed by atoms with E-state index in [-0.39, 0.29) is 11.4 Å². The third-order valence-corrected chi connectivity index (χ3v) is 5.15. The Morgan fingerprint density at radius 2 is 2.21 bits per heavy atom. The number of nitrogens with zero attached hydrogens (tertiary/aromatic N) is 2. The summed E-state index contributed by atoms with van der Waals surface area (Å²) >= 11 is 9.25. The Morgan fingerprint density at radius 3 is 2.74 bits per heavy atom. The Kier molecular flexibility index (Phi) is 3.34. The van der Waals surface area contributed by atoms with Crippen molar-refractivity contribution in [3.05, 3.63) is 28.2 Å². The summed E-state index contributed by atoms with van der Waals surface area (Å²) in [4.78, 5) is 4.56. The van der Waals surface area contributed by atoms with Gasteiger partial charge in [-0.2, -0.15) is 0 Å². The van der Waals surface area contributed by atoms with Crippen molar-refractivity contribution in [3.8, 4) is 0 Å². The maximum atomic E-state index is 13.8. The Labute approximate surface area is 125 Å². The molecule has 0 amide bonds. The molecule has 1 heterocycles. The first kappa shape index (κ1) is 13.4. The maximum Gasteiger partial charge on any atom is 0.139 e. The smallest absolute Gasteiger partial charge is 0.139 e. The summed E-state index contributed by atoms with van der Waals surface area (Å²) in [6.45, 7) is 2.18. The van der Waals surface area contributed by atoms with Gasteiger partial charge >= 0.3 is 0 Å². The number of halogens is 3. The van der Waals surface area contributed by atoms with Crippen molar-refractivity contribution < 1.29 is 4.39 Å². The van der Waals surface area contributed by atoms with E-state index in [1.807, 2.05) is 0 Å². The van der Waals surface area contributed by atoms with Gasteiger partial charge in [0.25, 0.3) is 0 Å². The molecule has 0 N–H and O–H groups in total. The van der Waals surface area contributed by atoms with Crippen molar-refractivity contribution in [2.45, 2.75) is 44.0 Å². The van der Waals surface area contributed by atoms with Gasteiger partial charge in [-0.25, -0.2) is 9.37 Å². The van der Waals surface area contributed by atoms with E-state index in [1.165, 1.54) is 6.42 Å². The summed E-state index contributed by atoms with van der Waals surface area (Å²) < 4.78 is 16.5. The van der Waals surface area contributed by atoms with Crippen molar-refractivity contribution in [1.82, 2.24) is 9.55 Å². The second-order valence-electron chi connectivity index (χ2n) is 5.18. The highest BCUT2D eigenvalue weighted by Crippen LogP contribution is 2.45. The largest absolute Gasteiger partial charge is 0.321 e. The van der Waals surface area contributed by atoms with Gasteiger partial charge in [0, 0.05) is 11.6 Å². The fourth-order valence-corrected chi connectivity index (χ4v) is 3.57. The minimum atomic E-state index is -0.250. The lowest BCUT2D eigenvalue weighted by Crippen LogP contribution is -2.40. The molecule has 2 nitrogen and oxygen atoms in total. The first-order valence-electron chi connectivity index (χ1n) is 6.54. The van der Waals surface area contributed by atoms with Crippen molar-refractivity contribution in [2.24, 2.45) is 0 Å². The van der Waals surface area contributed by atoms with Crippen LogP contribution in [0.15, 0.2) is 16.6 Å². The van der Waals surface area contributed by atoms with Crippen molar-refractivity contribution in [1.29, 1.82) is 0 Å². The van der Waals surface area contributed by atoms with E-state index in [0.717, 1.165) is 36.1 Å². The lowest BCUT2D eigenvalue weighted by atomic mass is 9.74. The molecule has 0 bridgehead atoms. The maximum absolute atomic E-state index is 13.8. The fourth-order valence-electron chi connectivity index (χ4n) is 3.06. The molecule has 1 aromatic heterocycles. The molecule has 1 fully saturated rings. The van der Waals surface area contributed by atoms with Crippen LogP contribution in [-0.2, 0) is 11.4 Å². The second kappa shape index (κ2) is 4.74. The molecular weight excluding hydrogens is 331 g/mol. The highest BCUT2D eigenvalue weighted by Gasteiger charge is 2.39. The molecule has 1 aliphatic carbocycles. The third-order valence-electron chi connectivity index (χ3n) is 4.30. The average Bonchev–Trinajstić information content (AvgIpc) is 2.68. The van der Waals surface area contributed by atoms with E-state index in [2.05, 4.69) is 32.4 Å². The third kappa shape index (κ3) is 1.91. The second-order valence-corrected chi connectivity index (χ2v) is 6.31. The molecule has 0 saturated heterocycles. The predicted octanol–water partition coefficient (Wildman–Crippen LogP) is 4.97. The molecular formula is C14H15BrClFN2. The highest BCUT2D eigenvalue weighted by molar-refractivity contribution is 9.10. The quantitative estimate of drug-likeness (QED) is 0.718. The van der Waals surface area contributed by atoms with Crippen LogP contribution in [0.25, 0.3) is 11.0 Å². The number of alkyl halides is 1. The predicted molar refractivity (Wildman–Crippen MR) is 79.1 cm³/mol. The van der Waals surface area contributed by atoms with Gasteiger partial charge in [0.15, 0.2) is 0 Å². The molecule has 0 radical (unpaired) electrons. The zero-order valence-corrected chi connectivity index (χ0v) is 13.1. The summed E-state index contributed by atoms with van der Waals surface area (Å²) in [5, 5.41) is 0. The van der Waals surface area contributed by atoms with Crippen LogP contribution in [0.5, 0.6) is 0 Å². The number of fused-ring (bicyclic) bond motifs is 1. The Morgan fingerprint density at radius 1 is 1.47 bits per heavy atom. The van der Waals surface area contributed by atoms with E-state index in [0.29, 0.717) is 10.4 Å². The summed E-state index contributed by atoms with van der Waals surface area (Å²) in [6.07, 6.45) is 4.49. The first-order chi connectivity index (χ1) is 9.11. The average molecular weight is 346 g/mol. The molecule has 5 heteroatoms. The van der Waals surface area contributed by atoms with Crippen LogP contribution in [0.3, 0.4) is 0 Å². The van der Waals surface area contributed by atoms with Gasteiger partial charge in [0.1, 0.15) is 11.6 Å². The molecule has 1 saturated carbocycles. The minimum absolute atomic E-state index is 0.0826. The highest BCUT2D eigenvalue weighted by atomic mass is 79.9. The normalized spacial score (nSPS) is 17.7. The molecule has 19 heavy (non-hydrogen) atoms. The van der Waals surface area contributed by atoms with Gasteiger partial charge in [0.05, 0.1) is 21.4 Å². The van der Waals surface area contributed by atoms with Gasteiger partial charge < -0.3 is 4.57 Å². The van der Waals surface area contributed by atoms with Crippen LogP contribution < -0.4 is 0 Å². The van der Waals surface area contributed by atoms with E-state index >= 15 is 0 Å². The van der Waals surface area contributed by atoms with Crippen molar-refractivity contribution >= 4 is 38.6 Å². The van der Waals surface area contributed by atoms with E-state index in [4.69, 9.17) is 11.6 Å². The molecule has 1 aliphatic rings. The number of aromatic nitrogens is 2. The summed E-state index contributed by atoms with van der Waals surface area (Å²) in [6, 6.07) is 3.30. The minimum Gasteiger partial charge on any atom is -0.321 e. The van der Waals surface area contributed by atoms with E-state index in [9.17, 15) is 4.39 Å². The van der Waals surface area contributed by atoms with Gasteiger partial charge in [-0.15, -0.1) is 11.6 Å². The van der Waals surface area contributed by atoms with Crippen molar-refractivity contribution in [2.75, 3.05) is 0 Å². The van der Waals surface area contributed by atoms with Crippen LogP contribution >= 0.6 is 27.5 Å². The summed E-state index contributed by atoms with van der Waals surface area (Å²) in [5.41, 5.74) is 1.75. The Bertz CT molecular complexity index is 628. The fraction of sp³-hybridized carbons (Fsp3) is 0.500. The molecule has 102 valence electrons. The number of imidazole rings is 1. The van der Waals surface area contributed by atoms with Gasteiger partial charge in [-0.05, 0) is 47.7 Å². The number of hydrogen-bond acceptors (Lipinski definition) is 1. The Hall–Kier alpha value is -0.610. The van der Waals surface area contributed by atoms with E-state index in [1.54, 1.807) is 12.1 Å². The van der Waals surface area contributed by atoms with E-state index < -0.39 is 0 Å². The molecule has 2 aromatic rings. The van der Waals surface area contributed by atoms with Gasteiger partial charge in [0.2, 0.25) is 0 Å². The SMILES string of the molecule is CCC1(n2c(CCl)nc3cc(Br)c(F)cc32)CCC1. The lowest BCUT2D eigenvalue weighted by Gasteiger charge is -2.44. The molecule has 1 aromatic carbocycles. The molecule has 0 spiro atoms. The Balaban J connectivity index is 2.29. The first-order valence-corrected chi connectivity index (χ1v) is 7.87. The monoisotopic (exact) mass is 344 g/mol. The lowest BCUT2D eigenvalue weighted by molar-refractivity contribution is 0.138. The summed E-state index contributed by atoms with van der Waals surface area (Å²) in [7, 11) is 0. The van der Waals surface area contributed by atoms with Crippen LogP contribution in [0.4, 0.5) is 4.39 Å². The van der Waals surface area contributed by atoms with Crippen LogP contribution in [0.1, 0.15) is 38.4 Å². The van der Waals surface area contributed by atoms with Crippen LogP contribution in [0.2, 0.25) is 0 Å². The van der Waals surface area contributed by atoms with Crippen molar-refractivity contribution in [3.63, 3.8) is 0 Å². The molecule has 3 rings (SSSR count). The summed E-state index contributed by atoms with van der Waals surface area (Å²) in [5.74, 6) is 0.950. The van der Waals surface area contributed by atoms with Gasteiger partial charge in [-0.1, -0.05) is 6.92 Å².